The number of carbonyl (C=O) groups excluding carboxylic acids is 3. The maximum absolute atomic E-state index is 12.1. The number of benzene rings is 1. The summed E-state index contributed by atoms with van der Waals surface area (Å²) in [6.07, 6.45) is 13.8. The second kappa shape index (κ2) is 16.8. The topological polar surface area (TPSA) is 72.5 Å². The highest BCUT2D eigenvalue weighted by atomic mass is 35.5. The molecular formula is C25H38ClNO4. The lowest BCUT2D eigenvalue weighted by Gasteiger charge is -2.08. The van der Waals surface area contributed by atoms with E-state index in [1.54, 1.807) is 19.1 Å². The average Bonchev–Trinajstić information content (AvgIpc) is 2.72. The Morgan fingerprint density at radius 2 is 1.45 bits per heavy atom. The Labute approximate surface area is 192 Å². The number of halogens is 1. The molecule has 0 aliphatic rings. The molecular weight excluding hydrogens is 414 g/mol. The number of ether oxygens (including phenoxy) is 1. The van der Waals surface area contributed by atoms with E-state index in [1.807, 2.05) is 0 Å². The summed E-state index contributed by atoms with van der Waals surface area (Å²) in [6.45, 7) is 4.15. The molecule has 1 aromatic rings. The zero-order valence-electron chi connectivity index (χ0n) is 19.1. The van der Waals surface area contributed by atoms with E-state index < -0.39 is 11.8 Å². The van der Waals surface area contributed by atoms with Crippen LogP contribution >= 0.6 is 11.6 Å². The van der Waals surface area contributed by atoms with Crippen LogP contribution in [0, 0.1) is 0 Å². The minimum absolute atomic E-state index is 0.0578. The number of nitrogens with one attached hydrogen (secondary N) is 1. The third-order valence-corrected chi connectivity index (χ3v) is 5.48. The van der Waals surface area contributed by atoms with Crippen molar-refractivity contribution < 1.29 is 19.1 Å². The van der Waals surface area contributed by atoms with Crippen LogP contribution in [0.15, 0.2) is 18.2 Å². The van der Waals surface area contributed by atoms with Crippen molar-refractivity contribution in [2.45, 2.75) is 97.3 Å². The van der Waals surface area contributed by atoms with Crippen molar-refractivity contribution in [3.05, 3.63) is 28.8 Å². The van der Waals surface area contributed by atoms with E-state index in [1.165, 1.54) is 63.9 Å². The van der Waals surface area contributed by atoms with Crippen molar-refractivity contribution in [1.82, 2.24) is 0 Å². The minimum Gasteiger partial charge on any atom is -0.466 e. The Balaban J connectivity index is 2.22. The molecule has 0 spiro atoms. The number of unbranched alkanes of at least 4 members (excludes halogenated alkanes) is 10. The predicted molar refractivity (Wildman–Crippen MR) is 127 cm³/mol. The smallest absolute Gasteiger partial charge is 0.313 e. The number of Topliss-reactive ketones (excluding diaryl/α,β-unsaturated/α-hetero) is 1. The van der Waals surface area contributed by atoms with Gasteiger partial charge in [-0.3, -0.25) is 14.4 Å². The van der Waals surface area contributed by atoms with Crippen LogP contribution in [-0.4, -0.2) is 24.3 Å². The number of amides is 1. The highest BCUT2D eigenvalue weighted by molar-refractivity contribution is 6.34. The number of rotatable bonds is 17. The van der Waals surface area contributed by atoms with Gasteiger partial charge in [0.25, 0.3) is 0 Å². The summed E-state index contributed by atoms with van der Waals surface area (Å²) in [5.41, 5.74) is 0.795. The van der Waals surface area contributed by atoms with Crippen LogP contribution in [0.2, 0.25) is 5.02 Å². The van der Waals surface area contributed by atoms with Crippen LogP contribution in [0.4, 0.5) is 5.69 Å². The van der Waals surface area contributed by atoms with Gasteiger partial charge < -0.3 is 10.1 Å². The van der Waals surface area contributed by atoms with Gasteiger partial charge in [0.05, 0.1) is 11.6 Å². The van der Waals surface area contributed by atoms with E-state index in [0.717, 1.165) is 12.8 Å². The number of carbonyl (C=O) groups is 3. The lowest BCUT2D eigenvalue weighted by Crippen LogP contribution is -2.13. The minimum atomic E-state index is -0.576. The first kappa shape index (κ1) is 27.2. The van der Waals surface area contributed by atoms with Gasteiger partial charge >= 0.3 is 5.97 Å². The average molecular weight is 452 g/mol. The lowest BCUT2D eigenvalue weighted by atomic mass is 10.1. The van der Waals surface area contributed by atoms with Crippen molar-refractivity contribution in [3.8, 4) is 0 Å². The van der Waals surface area contributed by atoms with Crippen LogP contribution in [0.3, 0.4) is 0 Å². The molecule has 0 heterocycles. The molecule has 31 heavy (non-hydrogen) atoms. The maximum Gasteiger partial charge on any atom is 0.313 e. The van der Waals surface area contributed by atoms with Crippen LogP contribution in [0.5, 0.6) is 0 Å². The highest BCUT2D eigenvalue weighted by Crippen LogP contribution is 2.23. The summed E-state index contributed by atoms with van der Waals surface area (Å²) in [6, 6.07) is 4.70. The summed E-state index contributed by atoms with van der Waals surface area (Å²) in [5.74, 6) is -1.03. The van der Waals surface area contributed by atoms with Crippen LogP contribution in [0.25, 0.3) is 0 Å². The van der Waals surface area contributed by atoms with Crippen molar-refractivity contribution in [3.63, 3.8) is 0 Å². The normalized spacial score (nSPS) is 10.7. The molecule has 0 atom stereocenters. The molecule has 0 saturated carbocycles. The van der Waals surface area contributed by atoms with E-state index in [0.29, 0.717) is 12.1 Å². The Morgan fingerprint density at radius 1 is 0.871 bits per heavy atom. The third-order valence-electron chi connectivity index (χ3n) is 5.17. The second-order valence-electron chi connectivity index (χ2n) is 7.93. The number of hydrogen-bond acceptors (Lipinski definition) is 4. The molecule has 1 amide bonds. The van der Waals surface area contributed by atoms with Crippen LogP contribution < -0.4 is 5.32 Å². The quantitative estimate of drug-likeness (QED) is 0.118. The van der Waals surface area contributed by atoms with Crippen molar-refractivity contribution in [2.24, 2.45) is 0 Å². The Hall–Kier alpha value is -1.88. The monoisotopic (exact) mass is 451 g/mol. The zero-order chi connectivity index (χ0) is 22.9. The van der Waals surface area contributed by atoms with Crippen molar-refractivity contribution in [2.75, 3.05) is 11.9 Å². The standard InChI is InChI=1S/C25H38ClNO4/c1-3-5-6-7-8-9-10-11-12-13-14-15-24(29)27-20-16-17-21(22(26)18-20)23(28)19-25(30)31-4-2/h16-18H,3-15,19H2,1-2H3,(H,27,29). The zero-order valence-corrected chi connectivity index (χ0v) is 19.9. The Kier molecular flexibility index (Phi) is 14.7. The summed E-state index contributed by atoms with van der Waals surface area (Å²) >= 11 is 6.17. The first-order valence-corrected chi connectivity index (χ1v) is 12.1. The maximum atomic E-state index is 12.1. The highest BCUT2D eigenvalue weighted by Gasteiger charge is 2.16. The van der Waals surface area contributed by atoms with Crippen molar-refractivity contribution in [1.29, 1.82) is 0 Å². The molecule has 0 fully saturated rings. The molecule has 1 rings (SSSR count). The van der Waals surface area contributed by atoms with Crippen LogP contribution in [-0.2, 0) is 14.3 Å². The molecule has 5 nitrogen and oxygen atoms in total. The Morgan fingerprint density at radius 3 is 2.00 bits per heavy atom. The number of hydrogen-bond donors (Lipinski definition) is 1. The van der Waals surface area contributed by atoms with Gasteiger partial charge in [-0.2, -0.15) is 0 Å². The van der Waals surface area contributed by atoms with Gasteiger partial charge in [-0.05, 0) is 31.5 Å². The summed E-state index contributed by atoms with van der Waals surface area (Å²) in [5, 5.41) is 3.03. The fourth-order valence-corrected chi connectivity index (χ4v) is 3.72. The summed E-state index contributed by atoms with van der Waals surface area (Å²) in [7, 11) is 0. The van der Waals surface area contributed by atoms with E-state index in [4.69, 9.17) is 16.3 Å². The molecule has 0 aliphatic heterocycles. The second-order valence-corrected chi connectivity index (χ2v) is 8.34. The van der Waals surface area contributed by atoms with E-state index in [9.17, 15) is 14.4 Å². The molecule has 1 N–H and O–H groups in total. The van der Waals surface area contributed by atoms with Gasteiger partial charge in [-0.25, -0.2) is 0 Å². The van der Waals surface area contributed by atoms with Gasteiger partial charge in [0, 0.05) is 17.7 Å². The predicted octanol–water partition coefficient (Wildman–Crippen LogP) is 7.12. The Bertz CT molecular complexity index is 690. The molecule has 6 heteroatoms. The number of esters is 1. The molecule has 0 radical (unpaired) electrons. The molecule has 0 unspecified atom stereocenters. The molecule has 0 saturated heterocycles. The molecule has 0 bridgehead atoms. The van der Waals surface area contributed by atoms with Gasteiger partial charge in [-0.15, -0.1) is 0 Å². The number of ketones is 1. The fourth-order valence-electron chi connectivity index (χ4n) is 3.43. The molecule has 1 aromatic carbocycles. The van der Waals surface area contributed by atoms with E-state index in [2.05, 4.69) is 12.2 Å². The first-order valence-electron chi connectivity index (χ1n) is 11.8. The first-order chi connectivity index (χ1) is 15.0. The van der Waals surface area contributed by atoms with Crippen LogP contribution in [0.1, 0.15) is 108 Å². The fraction of sp³-hybridized carbons (Fsp3) is 0.640. The van der Waals surface area contributed by atoms with Gasteiger partial charge in [0.1, 0.15) is 6.42 Å². The van der Waals surface area contributed by atoms with Gasteiger partial charge in [0.2, 0.25) is 5.91 Å². The van der Waals surface area contributed by atoms with Gasteiger partial charge in [0.15, 0.2) is 5.78 Å². The van der Waals surface area contributed by atoms with Gasteiger partial charge in [-0.1, -0.05) is 82.7 Å². The summed E-state index contributed by atoms with van der Waals surface area (Å²) < 4.78 is 4.78. The molecule has 0 aliphatic carbocycles. The van der Waals surface area contributed by atoms with Crippen molar-refractivity contribution >= 4 is 34.9 Å². The summed E-state index contributed by atoms with van der Waals surface area (Å²) in [4.78, 5) is 35.7. The lowest BCUT2D eigenvalue weighted by molar-refractivity contribution is -0.142. The molecule has 174 valence electrons. The number of anilines is 1. The molecule has 0 aromatic heterocycles. The SMILES string of the molecule is CCCCCCCCCCCCCC(=O)Nc1ccc(C(=O)CC(=O)OCC)c(Cl)c1. The largest absolute Gasteiger partial charge is 0.466 e. The third kappa shape index (κ3) is 12.5. The van der Waals surface area contributed by atoms with E-state index >= 15 is 0 Å². The van der Waals surface area contributed by atoms with E-state index in [-0.39, 0.29) is 29.5 Å².